The monoisotopic (exact) mass is 580 g/mol. The lowest BCUT2D eigenvalue weighted by Crippen LogP contribution is -2.12. The highest BCUT2D eigenvalue weighted by Crippen LogP contribution is 2.43. The molecule has 1 unspecified atom stereocenters. The van der Waals surface area contributed by atoms with Crippen molar-refractivity contribution in [2.24, 2.45) is 0 Å². The van der Waals surface area contributed by atoms with Gasteiger partial charge in [-0.15, -0.1) is 0 Å². The number of hydrogen-bond donors (Lipinski definition) is 4. The van der Waals surface area contributed by atoms with E-state index >= 15 is 0 Å². The summed E-state index contributed by atoms with van der Waals surface area (Å²) in [6, 6.07) is 5.86. The fourth-order valence-electron chi connectivity index (χ4n) is 6.49. The first kappa shape index (κ1) is 29.7. The van der Waals surface area contributed by atoms with E-state index in [1.807, 2.05) is 39.0 Å². The van der Waals surface area contributed by atoms with Crippen molar-refractivity contribution < 1.29 is 24.6 Å². The molecule has 0 radical (unpaired) electrons. The number of aryl methyl sites for hydroxylation is 3. The van der Waals surface area contributed by atoms with Crippen molar-refractivity contribution in [3.63, 3.8) is 0 Å². The van der Waals surface area contributed by atoms with E-state index < -0.39 is 18.4 Å². The predicted octanol–water partition coefficient (Wildman–Crippen LogP) is 6.65. The molecular weight excluding hydrogens is 544 g/mol. The lowest BCUT2D eigenvalue weighted by Gasteiger charge is -2.17. The summed E-state index contributed by atoms with van der Waals surface area (Å²) < 4.78 is 0. The van der Waals surface area contributed by atoms with E-state index in [2.05, 4.69) is 29.5 Å². The SMILES string of the molecule is C=Cc1c(C)c2cc3nc(c(CC(=O)O)c4nc(cc5[nH]c(cc1[nH]2)c(C)c5CC)C(C)=C4C(=O)O)C(CCC=O)[C@@H]3C. The number of rotatable bonds is 8. The van der Waals surface area contributed by atoms with Crippen molar-refractivity contribution in [2.45, 2.75) is 72.1 Å². The molecule has 43 heavy (non-hydrogen) atoms. The number of aliphatic carboxylic acids is 2. The Morgan fingerprint density at radius 1 is 0.977 bits per heavy atom. The van der Waals surface area contributed by atoms with Gasteiger partial charge < -0.3 is 25.0 Å². The molecule has 0 aromatic carbocycles. The number of nitrogens with one attached hydrogen (secondary N) is 2. The van der Waals surface area contributed by atoms with Crippen molar-refractivity contribution in [1.82, 2.24) is 19.9 Å². The van der Waals surface area contributed by atoms with Crippen molar-refractivity contribution in [3.05, 3.63) is 75.4 Å². The highest BCUT2D eigenvalue weighted by atomic mass is 16.4. The van der Waals surface area contributed by atoms with Crippen molar-refractivity contribution in [2.75, 3.05) is 0 Å². The maximum atomic E-state index is 12.7. The molecule has 3 aromatic rings. The Morgan fingerprint density at radius 3 is 2.30 bits per heavy atom. The first-order valence-electron chi connectivity index (χ1n) is 14.5. The van der Waals surface area contributed by atoms with Crippen LogP contribution in [-0.2, 0) is 27.2 Å². The van der Waals surface area contributed by atoms with E-state index in [4.69, 9.17) is 9.97 Å². The average molecular weight is 581 g/mol. The van der Waals surface area contributed by atoms with Crippen LogP contribution in [0.15, 0.2) is 24.8 Å². The van der Waals surface area contributed by atoms with E-state index in [1.165, 1.54) is 0 Å². The number of fused-ring (bicyclic) bond motifs is 8. The molecule has 9 heteroatoms. The van der Waals surface area contributed by atoms with Crippen LogP contribution in [0.5, 0.6) is 0 Å². The molecule has 0 spiro atoms. The standard InChI is InChI=1S/C34H36N4O5/c1-7-20-16(3)24-13-26-18(5)22(10-9-11-39)32(37-26)23(12-30(40)41)33-31(34(42)43)19(6)27(38-33)15-29-21(8-2)17(4)25(36-29)14-28(20)35-24/h7,11,13-15,18,22,35-36H,1,8-10,12H2,2-6H3,(H,40,41)(H,42,43)/t18-,22?/m0/s1. The molecule has 2 atom stereocenters. The number of aromatic nitrogens is 4. The second-order valence-corrected chi connectivity index (χ2v) is 11.3. The quantitative estimate of drug-likeness (QED) is 0.218. The molecule has 3 aromatic heterocycles. The molecule has 0 saturated heterocycles. The maximum Gasteiger partial charge on any atom is 0.338 e. The Hall–Kier alpha value is -4.79. The minimum Gasteiger partial charge on any atom is -0.481 e. The zero-order valence-electron chi connectivity index (χ0n) is 25.1. The highest BCUT2D eigenvalue weighted by molar-refractivity contribution is 6.24. The molecular formula is C34H36N4O5. The number of carbonyl (C=O) groups is 3. The summed E-state index contributed by atoms with van der Waals surface area (Å²) in [7, 11) is 0. The first-order valence-corrected chi connectivity index (χ1v) is 14.5. The summed E-state index contributed by atoms with van der Waals surface area (Å²) in [5.41, 5.74) is 9.93. The molecule has 2 aliphatic heterocycles. The number of carbonyl (C=O) groups excluding carboxylic acids is 1. The Bertz CT molecular complexity index is 1890. The first-order chi connectivity index (χ1) is 20.5. The Morgan fingerprint density at radius 2 is 1.67 bits per heavy atom. The Labute approximate surface area is 249 Å². The van der Waals surface area contributed by atoms with Crippen LogP contribution in [0.3, 0.4) is 0 Å². The van der Waals surface area contributed by atoms with Crippen LogP contribution >= 0.6 is 0 Å². The van der Waals surface area contributed by atoms with Crippen LogP contribution in [0, 0.1) is 13.8 Å². The van der Waals surface area contributed by atoms with Crippen LogP contribution < -0.4 is 0 Å². The van der Waals surface area contributed by atoms with E-state index in [-0.39, 0.29) is 35.1 Å². The largest absolute Gasteiger partial charge is 0.481 e. The maximum absolute atomic E-state index is 12.7. The number of aldehydes is 1. The van der Waals surface area contributed by atoms with Gasteiger partial charge in [0.05, 0.1) is 29.1 Å². The zero-order chi connectivity index (χ0) is 31.2. The third-order valence-corrected chi connectivity index (χ3v) is 8.87. The van der Waals surface area contributed by atoms with Gasteiger partial charge in [-0.2, -0.15) is 0 Å². The van der Waals surface area contributed by atoms with Crippen molar-refractivity contribution in [3.8, 4) is 0 Å². The predicted molar refractivity (Wildman–Crippen MR) is 168 cm³/mol. The number of carboxylic acid groups (broad SMARTS) is 2. The molecule has 5 rings (SSSR count). The van der Waals surface area contributed by atoms with Crippen LogP contribution in [0.4, 0.5) is 0 Å². The molecule has 0 fully saturated rings. The van der Waals surface area contributed by atoms with Gasteiger partial charge in [0.2, 0.25) is 0 Å². The summed E-state index contributed by atoms with van der Waals surface area (Å²) in [4.78, 5) is 53.1. The summed E-state index contributed by atoms with van der Waals surface area (Å²) in [5, 5.41) is 20.3. The normalized spacial score (nSPS) is 16.4. The number of H-pyrrole nitrogens is 2. The minimum atomic E-state index is -1.19. The van der Waals surface area contributed by atoms with E-state index in [0.717, 1.165) is 57.0 Å². The van der Waals surface area contributed by atoms with Crippen molar-refractivity contribution >= 4 is 57.5 Å². The molecule has 0 saturated carbocycles. The second kappa shape index (κ2) is 11.5. The fourth-order valence-corrected chi connectivity index (χ4v) is 6.49. The topological polar surface area (TPSA) is 149 Å². The van der Waals surface area contributed by atoms with Crippen LogP contribution in [-0.4, -0.2) is 48.4 Å². The van der Waals surface area contributed by atoms with Gasteiger partial charge in [0.25, 0.3) is 0 Å². The smallest absolute Gasteiger partial charge is 0.338 e. The third-order valence-electron chi connectivity index (χ3n) is 8.87. The van der Waals surface area contributed by atoms with Crippen LogP contribution in [0.25, 0.3) is 39.3 Å². The van der Waals surface area contributed by atoms with Crippen LogP contribution in [0.2, 0.25) is 0 Å². The zero-order valence-corrected chi connectivity index (χ0v) is 25.1. The van der Waals surface area contributed by atoms with E-state index in [1.54, 1.807) is 6.92 Å². The molecule has 8 bridgehead atoms. The summed E-state index contributed by atoms with van der Waals surface area (Å²) in [6.45, 7) is 13.9. The summed E-state index contributed by atoms with van der Waals surface area (Å²) >= 11 is 0. The van der Waals surface area contributed by atoms with Gasteiger partial charge in [-0.3, -0.25) is 9.78 Å². The van der Waals surface area contributed by atoms with Gasteiger partial charge >= 0.3 is 11.9 Å². The number of aromatic amines is 2. The lowest BCUT2D eigenvalue weighted by atomic mass is 9.84. The number of allylic oxidation sites excluding steroid dienone is 1. The number of carboxylic acids is 2. The molecule has 0 amide bonds. The second-order valence-electron chi connectivity index (χ2n) is 11.3. The molecule has 9 nitrogen and oxygen atoms in total. The molecule has 0 aliphatic carbocycles. The fraction of sp³-hybridized carbons (Fsp3) is 0.324. The van der Waals surface area contributed by atoms with Crippen LogP contribution in [0.1, 0.15) is 96.0 Å². The number of hydrogen-bond acceptors (Lipinski definition) is 5. The van der Waals surface area contributed by atoms with E-state index in [9.17, 15) is 24.6 Å². The Kier molecular flexibility index (Phi) is 7.92. The average Bonchev–Trinajstić information content (AvgIpc) is 3.63. The summed E-state index contributed by atoms with van der Waals surface area (Å²) in [5.74, 6) is -2.77. The summed E-state index contributed by atoms with van der Waals surface area (Å²) in [6.07, 6.45) is 3.64. The van der Waals surface area contributed by atoms with Gasteiger partial charge in [-0.1, -0.05) is 26.5 Å². The Balaban J connectivity index is 2.05. The van der Waals surface area contributed by atoms with Gasteiger partial charge in [-0.05, 0) is 74.1 Å². The molecule has 4 N–H and O–H groups in total. The lowest BCUT2D eigenvalue weighted by molar-refractivity contribution is -0.136. The van der Waals surface area contributed by atoms with Gasteiger partial charge in [0.1, 0.15) is 6.29 Å². The van der Waals surface area contributed by atoms with E-state index in [0.29, 0.717) is 29.1 Å². The molecule has 222 valence electrons. The minimum absolute atomic E-state index is 0.0399. The number of nitrogens with zero attached hydrogens (tertiary/aromatic N) is 2. The highest BCUT2D eigenvalue weighted by Gasteiger charge is 2.35. The molecule has 2 aliphatic rings. The third kappa shape index (κ3) is 5.09. The van der Waals surface area contributed by atoms with Gasteiger partial charge in [-0.25, -0.2) is 9.78 Å². The van der Waals surface area contributed by atoms with Gasteiger partial charge in [0.15, 0.2) is 0 Å². The van der Waals surface area contributed by atoms with Gasteiger partial charge in [0, 0.05) is 57.1 Å². The molecule has 5 heterocycles. The van der Waals surface area contributed by atoms with Crippen molar-refractivity contribution in [1.29, 1.82) is 0 Å².